The van der Waals surface area contributed by atoms with E-state index >= 15 is 0 Å². The minimum Gasteiger partial charge on any atom is -0.382 e. The quantitative estimate of drug-likeness (QED) is 0.278. The molecule has 13 heteroatoms. The molecule has 2 aromatic heterocycles. The number of amides is 1. The Labute approximate surface area is 242 Å². The highest BCUT2D eigenvalue weighted by Gasteiger charge is 2.31. The largest absolute Gasteiger partial charge is 0.382 e. The normalized spacial score (nSPS) is 14.5. The summed E-state index contributed by atoms with van der Waals surface area (Å²) in [7, 11) is -2.16. The third-order valence-corrected chi connectivity index (χ3v) is 8.93. The van der Waals surface area contributed by atoms with Gasteiger partial charge in [-0.05, 0) is 42.5 Å². The Kier molecular flexibility index (Phi) is 8.85. The molecule has 0 spiro atoms. The number of aromatic nitrogens is 3. The summed E-state index contributed by atoms with van der Waals surface area (Å²) in [4.78, 5) is 30.0. The first-order chi connectivity index (χ1) is 19.8. The number of fused-ring (bicyclic) bond motifs is 1. The summed E-state index contributed by atoms with van der Waals surface area (Å²) in [6.07, 6.45) is 0. The lowest BCUT2D eigenvalue weighted by Crippen LogP contribution is -2.50. The standard InChI is InChI=1S/C28H30ClN5O6S/c1-39-16-17-40-15-14-34-27(35)9-8-25(31-34)20-2-4-21(5-3-20)28(36)32-10-12-33(13-11-32)41(37,38)26-19-22-18-23(29)6-7-24(22)30-26/h2-9,18-19,30H,10-17H2,1H3. The lowest BCUT2D eigenvalue weighted by molar-refractivity contribution is 0.0649. The number of piperazine rings is 1. The number of sulfonamides is 1. The zero-order chi connectivity index (χ0) is 29.0. The van der Waals surface area contributed by atoms with Crippen LogP contribution in [0.25, 0.3) is 22.2 Å². The van der Waals surface area contributed by atoms with Crippen LogP contribution in [0.2, 0.25) is 5.02 Å². The highest BCUT2D eigenvalue weighted by Crippen LogP contribution is 2.25. The molecule has 1 aliphatic heterocycles. The van der Waals surface area contributed by atoms with E-state index in [0.29, 0.717) is 53.5 Å². The molecule has 3 heterocycles. The predicted octanol–water partition coefficient (Wildman–Crippen LogP) is 2.85. The van der Waals surface area contributed by atoms with Crippen molar-refractivity contribution >= 4 is 38.4 Å². The van der Waals surface area contributed by atoms with Gasteiger partial charge in [-0.25, -0.2) is 13.1 Å². The summed E-state index contributed by atoms with van der Waals surface area (Å²) < 4.78 is 39.6. The SMILES string of the molecule is COCCOCCn1nc(-c2ccc(C(=O)N3CCN(S(=O)(=O)c4cc5cc(Cl)ccc5[nH]4)CC3)cc2)ccc1=O. The van der Waals surface area contributed by atoms with Crippen LogP contribution in [0, 0.1) is 0 Å². The van der Waals surface area contributed by atoms with Crippen molar-refractivity contribution in [2.24, 2.45) is 0 Å². The molecule has 5 rings (SSSR count). The monoisotopic (exact) mass is 599 g/mol. The van der Waals surface area contributed by atoms with Crippen LogP contribution in [0.5, 0.6) is 0 Å². The van der Waals surface area contributed by atoms with Gasteiger partial charge in [0, 0.05) is 66.4 Å². The van der Waals surface area contributed by atoms with Gasteiger partial charge in [0.15, 0.2) is 0 Å². The van der Waals surface area contributed by atoms with Crippen molar-refractivity contribution in [2.45, 2.75) is 11.6 Å². The molecule has 1 N–H and O–H groups in total. The Hall–Kier alpha value is -3.55. The number of ether oxygens (including phenoxy) is 2. The smallest absolute Gasteiger partial charge is 0.266 e. The van der Waals surface area contributed by atoms with Gasteiger partial charge in [-0.2, -0.15) is 9.40 Å². The zero-order valence-electron chi connectivity index (χ0n) is 22.5. The molecule has 0 saturated carbocycles. The van der Waals surface area contributed by atoms with Crippen molar-refractivity contribution in [3.63, 3.8) is 0 Å². The number of hydrogen-bond acceptors (Lipinski definition) is 7. The van der Waals surface area contributed by atoms with Crippen LogP contribution in [0.4, 0.5) is 0 Å². The Morgan fingerprint density at radius 2 is 1.73 bits per heavy atom. The number of methoxy groups -OCH3 is 1. The molecule has 0 aliphatic carbocycles. The van der Waals surface area contributed by atoms with Gasteiger partial charge in [0.2, 0.25) is 0 Å². The van der Waals surface area contributed by atoms with E-state index < -0.39 is 10.0 Å². The van der Waals surface area contributed by atoms with Gasteiger partial charge in [-0.15, -0.1) is 0 Å². The number of nitrogens with zero attached hydrogens (tertiary/aromatic N) is 4. The number of hydrogen-bond donors (Lipinski definition) is 1. The van der Waals surface area contributed by atoms with Crippen molar-refractivity contribution in [3.05, 3.63) is 81.6 Å². The van der Waals surface area contributed by atoms with E-state index in [0.717, 1.165) is 5.56 Å². The van der Waals surface area contributed by atoms with Crippen molar-refractivity contribution in [3.8, 4) is 11.3 Å². The fourth-order valence-electron chi connectivity index (χ4n) is 4.61. The molecule has 0 radical (unpaired) electrons. The molecule has 0 bridgehead atoms. The van der Waals surface area contributed by atoms with Crippen LogP contribution in [0.15, 0.2) is 70.5 Å². The van der Waals surface area contributed by atoms with Crippen LogP contribution in [-0.4, -0.2) is 91.4 Å². The third-order valence-electron chi connectivity index (χ3n) is 6.88. The molecule has 41 heavy (non-hydrogen) atoms. The first kappa shape index (κ1) is 29.0. The summed E-state index contributed by atoms with van der Waals surface area (Å²) in [5, 5.41) is 5.77. The summed E-state index contributed by atoms with van der Waals surface area (Å²) >= 11 is 6.03. The van der Waals surface area contributed by atoms with E-state index in [9.17, 15) is 18.0 Å². The minimum absolute atomic E-state index is 0.101. The Morgan fingerprint density at radius 3 is 2.46 bits per heavy atom. The molecule has 11 nitrogen and oxygen atoms in total. The van der Waals surface area contributed by atoms with Gasteiger partial charge < -0.3 is 19.4 Å². The van der Waals surface area contributed by atoms with Crippen LogP contribution in [0.1, 0.15) is 10.4 Å². The summed E-state index contributed by atoms with van der Waals surface area (Å²) in [5.74, 6) is -0.181. The Morgan fingerprint density at radius 1 is 0.976 bits per heavy atom. The van der Waals surface area contributed by atoms with E-state index in [4.69, 9.17) is 21.1 Å². The van der Waals surface area contributed by atoms with Gasteiger partial charge in [0.25, 0.3) is 21.5 Å². The number of halogens is 1. The van der Waals surface area contributed by atoms with Crippen LogP contribution >= 0.6 is 11.6 Å². The fraction of sp³-hybridized carbons (Fsp3) is 0.321. The van der Waals surface area contributed by atoms with Crippen molar-refractivity contribution in [1.82, 2.24) is 24.0 Å². The maximum absolute atomic E-state index is 13.2. The number of carbonyl (C=O) groups is 1. The molecular formula is C28H30ClN5O6S. The second-order valence-corrected chi connectivity index (χ2v) is 11.9. The number of benzene rings is 2. The Balaban J connectivity index is 1.20. The zero-order valence-corrected chi connectivity index (χ0v) is 24.0. The average Bonchev–Trinajstić information content (AvgIpc) is 3.42. The number of H-pyrrole nitrogens is 1. The molecule has 1 fully saturated rings. The topological polar surface area (TPSA) is 127 Å². The Bertz CT molecular complexity index is 1700. The van der Waals surface area contributed by atoms with Crippen LogP contribution in [-0.2, 0) is 26.0 Å². The number of aromatic amines is 1. The van der Waals surface area contributed by atoms with E-state index in [2.05, 4.69) is 10.1 Å². The van der Waals surface area contributed by atoms with E-state index in [-0.39, 0.29) is 42.7 Å². The predicted molar refractivity (Wildman–Crippen MR) is 155 cm³/mol. The van der Waals surface area contributed by atoms with Gasteiger partial charge >= 0.3 is 0 Å². The number of carbonyl (C=O) groups excluding carboxylic acids is 1. The second-order valence-electron chi connectivity index (χ2n) is 9.52. The average molecular weight is 600 g/mol. The third kappa shape index (κ3) is 6.52. The molecule has 216 valence electrons. The first-order valence-corrected chi connectivity index (χ1v) is 14.9. The van der Waals surface area contributed by atoms with Crippen LogP contribution < -0.4 is 5.56 Å². The summed E-state index contributed by atoms with van der Waals surface area (Å²) in [6.45, 7) is 2.46. The fourth-order valence-corrected chi connectivity index (χ4v) is 6.23. The van der Waals surface area contributed by atoms with Gasteiger partial charge in [0.1, 0.15) is 5.03 Å². The summed E-state index contributed by atoms with van der Waals surface area (Å²) in [5.41, 5.74) is 2.29. The van der Waals surface area contributed by atoms with Crippen molar-refractivity contribution in [1.29, 1.82) is 0 Å². The van der Waals surface area contributed by atoms with E-state index in [1.165, 1.54) is 15.1 Å². The molecule has 1 amide bonds. The highest BCUT2D eigenvalue weighted by atomic mass is 35.5. The minimum atomic E-state index is -3.75. The van der Waals surface area contributed by atoms with E-state index in [1.807, 2.05) is 0 Å². The first-order valence-electron chi connectivity index (χ1n) is 13.1. The molecular weight excluding hydrogens is 570 g/mol. The molecule has 2 aromatic carbocycles. The molecule has 1 saturated heterocycles. The molecule has 0 atom stereocenters. The lowest BCUT2D eigenvalue weighted by atomic mass is 10.1. The summed E-state index contributed by atoms with van der Waals surface area (Å²) in [6, 6.07) is 16.8. The number of rotatable bonds is 10. The van der Waals surface area contributed by atoms with Gasteiger partial charge in [-0.3, -0.25) is 9.59 Å². The molecule has 4 aromatic rings. The van der Waals surface area contributed by atoms with Gasteiger partial charge in [-0.1, -0.05) is 23.7 Å². The van der Waals surface area contributed by atoms with Gasteiger partial charge in [0.05, 0.1) is 32.1 Å². The second kappa shape index (κ2) is 12.5. The lowest BCUT2D eigenvalue weighted by Gasteiger charge is -2.33. The maximum atomic E-state index is 13.2. The van der Waals surface area contributed by atoms with Crippen molar-refractivity contribution < 1.29 is 22.7 Å². The van der Waals surface area contributed by atoms with Crippen LogP contribution in [0.3, 0.4) is 0 Å². The molecule has 1 aliphatic rings. The number of nitrogens with one attached hydrogen (secondary N) is 1. The van der Waals surface area contributed by atoms with Crippen molar-refractivity contribution in [2.75, 3.05) is 53.1 Å². The molecule has 0 unspecified atom stereocenters. The maximum Gasteiger partial charge on any atom is 0.266 e. The highest BCUT2D eigenvalue weighted by molar-refractivity contribution is 7.89. The van der Waals surface area contributed by atoms with E-state index in [1.54, 1.807) is 66.6 Å².